The van der Waals surface area contributed by atoms with Gasteiger partial charge in [-0.25, -0.2) is 0 Å². The number of ether oxygens (including phenoxy) is 1. The summed E-state index contributed by atoms with van der Waals surface area (Å²) in [5.41, 5.74) is 0. The number of hydrogen-bond acceptors (Lipinski definition) is 3. The molecule has 0 atom stereocenters. The minimum absolute atomic E-state index is 0.0421. The number of carbonyl (C=O) groups excluding carboxylic acids is 1. The van der Waals surface area contributed by atoms with Crippen molar-refractivity contribution >= 4 is 17.5 Å². The van der Waals surface area contributed by atoms with Crippen molar-refractivity contribution in [1.82, 2.24) is 4.90 Å². The molecule has 0 aliphatic carbocycles. The topological polar surface area (TPSA) is 53.3 Å². The molecule has 0 unspecified atom stereocenters. The standard InChI is InChI=1S/C13H15ClN2O2/c1-2-16(8-4-7-15)13(17)10-18-12-6-3-5-11(14)9-12/h3,5-6,9H,2,4,8,10H2,1H3. The van der Waals surface area contributed by atoms with Crippen LogP contribution < -0.4 is 4.74 Å². The number of carbonyl (C=O) groups is 1. The second-order valence-corrected chi connectivity index (χ2v) is 4.06. The number of amides is 1. The molecular formula is C13H15ClN2O2. The largest absolute Gasteiger partial charge is 0.484 e. The van der Waals surface area contributed by atoms with E-state index in [9.17, 15) is 4.79 Å². The molecule has 1 aromatic rings. The highest BCUT2D eigenvalue weighted by Gasteiger charge is 2.11. The van der Waals surface area contributed by atoms with Crippen LogP contribution in [0.15, 0.2) is 24.3 Å². The van der Waals surface area contributed by atoms with Crippen LogP contribution in [0.3, 0.4) is 0 Å². The number of rotatable bonds is 6. The Labute approximate surface area is 112 Å². The maximum Gasteiger partial charge on any atom is 0.260 e. The van der Waals surface area contributed by atoms with Crippen molar-refractivity contribution in [3.8, 4) is 11.8 Å². The van der Waals surface area contributed by atoms with Crippen LogP contribution in [0.1, 0.15) is 13.3 Å². The lowest BCUT2D eigenvalue weighted by molar-refractivity contribution is -0.133. The minimum atomic E-state index is -0.132. The van der Waals surface area contributed by atoms with Crippen molar-refractivity contribution in [3.05, 3.63) is 29.3 Å². The fraction of sp³-hybridized carbons (Fsp3) is 0.385. The first-order valence-corrected chi connectivity index (χ1v) is 6.08. The maximum atomic E-state index is 11.8. The van der Waals surface area contributed by atoms with Gasteiger partial charge in [0.1, 0.15) is 5.75 Å². The van der Waals surface area contributed by atoms with Crippen molar-refractivity contribution in [3.63, 3.8) is 0 Å². The van der Waals surface area contributed by atoms with Gasteiger partial charge in [0.2, 0.25) is 0 Å². The predicted octanol–water partition coefficient (Wildman–Crippen LogP) is 2.48. The summed E-state index contributed by atoms with van der Waals surface area (Å²) in [5, 5.41) is 9.06. The summed E-state index contributed by atoms with van der Waals surface area (Å²) in [5.74, 6) is 0.430. The first kappa shape index (κ1) is 14.3. The fourth-order valence-corrected chi connectivity index (χ4v) is 1.62. The summed E-state index contributed by atoms with van der Waals surface area (Å²) in [6.07, 6.45) is 0.330. The Balaban J connectivity index is 2.47. The molecule has 0 N–H and O–H groups in total. The van der Waals surface area contributed by atoms with E-state index >= 15 is 0 Å². The zero-order valence-electron chi connectivity index (χ0n) is 10.2. The Morgan fingerprint density at radius 3 is 2.94 bits per heavy atom. The monoisotopic (exact) mass is 266 g/mol. The molecule has 0 aromatic heterocycles. The van der Waals surface area contributed by atoms with E-state index in [-0.39, 0.29) is 12.5 Å². The van der Waals surface area contributed by atoms with E-state index in [1.54, 1.807) is 29.2 Å². The lowest BCUT2D eigenvalue weighted by Crippen LogP contribution is -2.35. The van der Waals surface area contributed by atoms with Crippen LogP contribution in [0.4, 0.5) is 0 Å². The number of benzene rings is 1. The second-order valence-electron chi connectivity index (χ2n) is 3.63. The molecule has 0 fully saturated rings. The van der Waals surface area contributed by atoms with Gasteiger partial charge in [-0.1, -0.05) is 17.7 Å². The van der Waals surface area contributed by atoms with E-state index in [4.69, 9.17) is 21.6 Å². The molecule has 0 aliphatic rings. The molecule has 0 spiro atoms. The molecule has 1 aromatic carbocycles. The first-order chi connectivity index (χ1) is 8.67. The number of hydrogen-bond donors (Lipinski definition) is 0. The van der Waals surface area contributed by atoms with Gasteiger partial charge >= 0.3 is 0 Å². The summed E-state index contributed by atoms with van der Waals surface area (Å²) in [6, 6.07) is 8.91. The normalized spacial score (nSPS) is 9.61. The number of likely N-dealkylation sites (N-methyl/N-ethyl adjacent to an activating group) is 1. The number of nitrogens with zero attached hydrogens (tertiary/aromatic N) is 2. The molecule has 0 saturated carbocycles. The Hall–Kier alpha value is -1.73. The summed E-state index contributed by atoms with van der Waals surface area (Å²) in [7, 11) is 0. The van der Waals surface area contributed by atoms with Crippen LogP contribution >= 0.6 is 11.6 Å². The van der Waals surface area contributed by atoms with E-state index in [0.717, 1.165) is 0 Å². The molecule has 18 heavy (non-hydrogen) atoms. The molecule has 0 heterocycles. The third kappa shape index (κ3) is 4.64. The van der Waals surface area contributed by atoms with Crippen LogP contribution in [-0.4, -0.2) is 30.5 Å². The van der Waals surface area contributed by atoms with Crippen LogP contribution in [0.25, 0.3) is 0 Å². The molecule has 5 heteroatoms. The number of nitriles is 1. The van der Waals surface area contributed by atoms with Crippen molar-refractivity contribution in [1.29, 1.82) is 5.26 Å². The third-order valence-electron chi connectivity index (χ3n) is 2.39. The summed E-state index contributed by atoms with van der Waals surface area (Å²) in [4.78, 5) is 13.4. The van der Waals surface area contributed by atoms with Crippen LogP contribution in [0.5, 0.6) is 5.75 Å². The summed E-state index contributed by atoms with van der Waals surface area (Å²) >= 11 is 5.81. The lowest BCUT2D eigenvalue weighted by Gasteiger charge is -2.19. The maximum absolute atomic E-state index is 11.8. The van der Waals surface area contributed by atoms with Gasteiger partial charge in [0, 0.05) is 18.1 Å². The van der Waals surface area contributed by atoms with Gasteiger partial charge in [-0.05, 0) is 25.1 Å². The first-order valence-electron chi connectivity index (χ1n) is 5.70. The van der Waals surface area contributed by atoms with E-state index in [1.807, 2.05) is 13.0 Å². The van der Waals surface area contributed by atoms with Crippen molar-refractivity contribution in [2.75, 3.05) is 19.7 Å². The Morgan fingerprint density at radius 2 is 2.33 bits per heavy atom. The summed E-state index contributed by atoms with van der Waals surface area (Å²) < 4.78 is 5.35. The molecular weight excluding hydrogens is 252 g/mol. The zero-order valence-corrected chi connectivity index (χ0v) is 11.0. The Morgan fingerprint density at radius 1 is 1.56 bits per heavy atom. The van der Waals surface area contributed by atoms with Gasteiger partial charge < -0.3 is 9.64 Å². The average Bonchev–Trinajstić information content (AvgIpc) is 2.37. The van der Waals surface area contributed by atoms with E-state index < -0.39 is 0 Å². The smallest absolute Gasteiger partial charge is 0.260 e. The molecule has 4 nitrogen and oxygen atoms in total. The molecule has 0 saturated heterocycles. The zero-order chi connectivity index (χ0) is 13.4. The molecule has 0 radical (unpaired) electrons. The van der Waals surface area contributed by atoms with Gasteiger partial charge in [0.25, 0.3) is 5.91 Å². The highest BCUT2D eigenvalue weighted by atomic mass is 35.5. The van der Waals surface area contributed by atoms with Gasteiger partial charge in [-0.3, -0.25) is 4.79 Å². The molecule has 1 rings (SSSR count). The fourth-order valence-electron chi connectivity index (χ4n) is 1.44. The quantitative estimate of drug-likeness (QED) is 0.795. The second kappa shape index (κ2) is 7.57. The summed E-state index contributed by atoms with van der Waals surface area (Å²) in [6.45, 7) is 2.83. The predicted molar refractivity (Wildman–Crippen MR) is 69.4 cm³/mol. The van der Waals surface area contributed by atoms with Crippen molar-refractivity contribution in [2.45, 2.75) is 13.3 Å². The number of halogens is 1. The van der Waals surface area contributed by atoms with Gasteiger partial charge in [0.05, 0.1) is 12.5 Å². The van der Waals surface area contributed by atoms with Crippen molar-refractivity contribution in [2.24, 2.45) is 0 Å². The lowest BCUT2D eigenvalue weighted by atomic mass is 10.3. The van der Waals surface area contributed by atoms with Gasteiger partial charge in [-0.2, -0.15) is 5.26 Å². The van der Waals surface area contributed by atoms with Gasteiger partial charge in [-0.15, -0.1) is 0 Å². The highest BCUT2D eigenvalue weighted by molar-refractivity contribution is 6.30. The van der Waals surface area contributed by atoms with Crippen molar-refractivity contribution < 1.29 is 9.53 Å². The highest BCUT2D eigenvalue weighted by Crippen LogP contribution is 2.17. The van der Waals surface area contributed by atoms with Gasteiger partial charge in [0.15, 0.2) is 6.61 Å². The SMILES string of the molecule is CCN(CCC#N)C(=O)COc1cccc(Cl)c1. The average molecular weight is 267 g/mol. The van der Waals surface area contributed by atoms with Crippen LogP contribution in [0, 0.1) is 11.3 Å². The van der Waals surface area contributed by atoms with Crippen LogP contribution in [0.2, 0.25) is 5.02 Å². The minimum Gasteiger partial charge on any atom is -0.484 e. The molecule has 96 valence electrons. The Kier molecular flexibility index (Phi) is 6.03. The molecule has 0 bridgehead atoms. The van der Waals surface area contributed by atoms with E-state index in [2.05, 4.69) is 0 Å². The van der Waals surface area contributed by atoms with E-state index in [1.165, 1.54) is 0 Å². The van der Waals surface area contributed by atoms with E-state index in [0.29, 0.717) is 30.3 Å². The molecule has 0 aliphatic heterocycles. The molecule has 1 amide bonds. The van der Waals surface area contributed by atoms with Crippen LogP contribution in [-0.2, 0) is 4.79 Å². The Bertz CT molecular complexity index is 443. The third-order valence-corrected chi connectivity index (χ3v) is 2.62.